The number of halogens is 1. The van der Waals surface area contributed by atoms with Crippen molar-refractivity contribution >= 4 is 34.5 Å². The van der Waals surface area contributed by atoms with Crippen LogP contribution in [0.1, 0.15) is 31.4 Å². The lowest BCUT2D eigenvalue weighted by atomic mass is 10.1. The third kappa shape index (κ3) is 3.19. The van der Waals surface area contributed by atoms with Crippen molar-refractivity contribution in [2.75, 3.05) is 11.9 Å². The van der Waals surface area contributed by atoms with E-state index in [0.717, 1.165) is 19.4 Å². The van der Waals surface area contributed by atoms with Gasteiger partial charge in [0, 0.05) is 6.04 Å². The summed E-state index contributed by atoms with van der Waals surface area (Å²) in [5.74, 6) is -0.00442. The van der Waals surface area contributed by atoms with Gasteiger partial charge in [-0.1, -0.05) is 23.7 Å². The molecule has 0 radical (unpaired) electrons. The summed E-state index contributed by atoms with van der Waals surface area (Å²) < 4.78 is 0. The van der Waals surface area contributed by atoms with Crippen molar-refractivity contribution in [1.82, 2.24) is 4.90 Å². The molecule has 22 heavy (non-hydrogen) atoms. The number of nitrogens with one attached hydrogen (secondary N) is 1. The van der Waals surface area contributed by atoms with E-state index in [1.807, 2.05) is 25.1 Å². The molecule has 0 spiro atoms. The molecule has 0 unspecified atom stereocenters. The number of likely N-dealkylation sites (tertiary alicyclic amines) is 1. The number of anilines is 1. The predicted octanol–water partition coefficient (Wildman–Crippen LogP) is 4.57. The Bertz CT molecular complexity index is 644. The summed E-state index contributed by atoms with van der Waals surface area (Å²) in [7, 11) is 0. The fourth-order valence-corrected chi connectivity index (χ4v) is 3.92. The van der Waals surface area contributed by atoms with Crippen LogP contribution in [-0.4, -0.2) is 23.4 Å². The van der Waals surface area contributed by atoms with E-state index in [0.29, 0.717) is 16.8 Å². The zero-order valence-electron chi connectivity index (χ0n) is 12.5. The largest absolute Gasteiger partial charge is 0.323 e. The van der Waals surface area contributed by atoms with Crippen molar-refractivity contribution < 1.29 is 4.79 Å². The van der Waals surface area contributed by atoms with Crippen LogP contribution in [0.3, 0.4) is 0 Å². The maximum Gasteiger partial charge on any atom is 0.241 e. The van der Waals surface area contributed by atoms with Crippen LogP contribution in [0.2, 0.25) is 5.02 Å². The maximum absolute atomic E-state index is 12.6. The summed E-state index contributed by atoms with van der Waals surface area (Å²) in [6, 6.07) is 9.66. The number of thiophene rings is 1. The minimum absolute atomic E-state index is 0.00442. The lowest BCUT2D eigenvalue weighted by Crippen LogP contribution is -2.41. The first kappa shape index (κ1) is 15.5. The molecule has 1 aliphatic rings. The minimum atomic E-state index is -0.177. The number of rotatable bonds is 4. The van der Waals surface area contributed by atoms with Crippen LogP contribution < -0.4 is 5.32 Å². The van der Waals surface area contributed by atoms with Gasteiger partial charge < -0.3 is 5.32 Å². The second-order valence-corrected chi connectivity index (χ2v) is 6.78. The molecule has 1 fully saturated rings. The molecule has 1 N–H and O–H groups in total. The van der Waals surface area contributed by atoms with Gasteiger partial charge in [0.2, 0.25) is 5.91 Å². The molecular formula is C17H19ClN2OS. The second kappa shape index (κ2) is 6.82. The minimum Gasteiger partial charge on any atom is -0.323 e. The molecule has 116 valence electrons. The zero-order valence-corrected chi connectivity index (χ0v) is 14.0. The Labute approximate surface area is 139 Å². The Morgan fingerprint density at radius 2 is 2.23 bits per heavy atom. The number of carbonyl (C=O) groups is 1. The van der Waals surface area contributed by atoms with E-state index in [4.69, 9.17) is 11.6 Å². The smallest absolute Gasteiger partial charge is 0.241 e. The Kier molecular flexibility index (Phi) is 4.81. The lowest BCUT2D eigenvalue weighted by molar-refractivity contribution is -0.121. The average Bonchev–Trinajstić information content (AvgIpc) is 3.19. The summed E-state index contributed by atoms with van der Waals surface area (Å²) in [5, 5.41) is 7.79. The molecule has 1 aliphatic heterocycles. The van der Waals surface area contributed by atoms with Gasteiger partial charge in [-0.15, -0.1) is 0 Å². The summed E-state index contributed by atoms with van der Waals surface area (Å²) in [6.07, 6.45) is 2.24. The van der Waals surface area contributed by atoms with Crippen molar-refractivity contribution in [3.8, 4) is 0 Å². The van der Waals surface area contributed by atoms with Crippen LogP contribution in [0.15, 0.2) is 41.1 Å². The zero-order chi connectivity index (χ0) is 15.5. The summed E-state index contributed by atoms with van der Waals surface area (Å²) in [4.78, 5) is 14.8. The Balaban J connectivity index is 1.71. The molecule has 0 aliphatic carbocycles. The van der Waals surface area contributed by atoms with Crippen LogP contribution in [0.5, 0.6) is 0 Å². The monoisotopic (exact) mass is 334 g/mol. The molecule has 5 heteroatoms. The number of hydrogen-bond acceptors (Lipinski definition) is 3. The van der Waals surface area contributed by atoms with Gasteiger partial charge >= 0.3 is 0 Å². The quantitative estimate of drug-likeness (QED) is 0.888. The third-order valence-electron chi connectivity index (χ3n) is 4.23. The molecule has 3 nitrogen and oxygen atoms in total. The van der Waals surface area contributed by atoms with Crippen LogP contribution in [-0.2, 0) is 4.79 Å². The molecule has 0 bridgehead atoms. The van der Waals surface area contributed by atoms with Crippen molar-refractivity contribution in [2.45, 2.75) is 31.8 Å². The average molecular weight is 335 g/mol. The highest BCUT2D eigenvalue weighted by atomic mass is 35.5. The SMILES string of the molecule is C[C@@H](C(=O)Nc1ccccc1Cl)N1CCC[C@@H]1c1ccsc1. The summed E-state index contributed by atoms with van der Waals surface area (Å²) >= 11 is 7.82. The Morgan fingerprint density at radius 3 is 2.95 bits per heavy atom. The van der Waals surface area contributed by atoms with Gasteiger partial charge in [0.1, 0.15) is 0 Å². The van der Waals surface area contributed by atoms with Crippen molar-refractivity contribution in [3.63, 3.8) is 0 Å². The highest BCUT2D eigenvalue weighted by Gasteiger charge is 2.33. The van der Waals surface area contributed by atoms with Crippen molar-refractivity contribution in [3.05, 3.63) is 51.7 Å². The van der Waals surface area contributed by atoms with Crippen LogP contribution in [0, 0.1) is 0 Å². The molecule has 1 aromatic heterocycles. The fraction of sp³-hybridized carbons (Fsp3) is 0.353. The first-order valence-electron chi connectivity index (χ1n) is 7.50. The Morgan fingerprint density at radius 1 is 1.41 bits per heavy atom. The van der Waals surface area contributed by atoms with Crippen LogP contribution in [0.4, 0.5) is 5.69 Å². The van der Waals surface area contributed by atoms with Gasteiger partial charge in [0.15, 0.2) is 0 Å². The van der Waals surface area contributed by atoms with E-state index < -0.39 is 0 Å². The molecule has 1 saturated heterocycles. The van der Waals surface area contributed by atoms with Gasteiger partial charge in [0.05, 0.1) is 16.8 Å². The molecule has 2 atom stereocenters. The number of hydrogen-bond donors (Lipinski definition) is 1. The molecule has 1 aromatic carbocycles. The van der Waals surface area contributed by atoms with Crippen molar-refractivity contribution in [2.24, 2.45) is 0 Å². The van der Waals surface area contributed by atoms with Crippen LogP contribution in [0.25, 0.3) is 0 Å². The number of nitrogens with zero attached hydrogens (tertiary/aromatic N) is 1. The van der Waals surface area contributed by atoms with E-state index in [2.05, 4.69) is 27.0 Å². The molecule has 0 saturated carbocycles. The molecule has 1 amide bonds. The first-order valence-corrected chi connectivity index (χ1v) is 8.82. The van der Waals surface area contributed by atoms with E-state index >= 15 is 0 Å². The van der Waals surface area contributed by atoms with Gasteiger partial charge in [-0.3, -0.25) is 9.69 Å². The van der Waals surface area contributed by atoms with Crippen molar-refractivity contribution in [1.29, 1.82) is 0 Å². The normalized spacial score (nSPS) is 20.0. The van der Waals surface area contributed by atoms with E-state index in [-0.39, 0.29) is 11.9 Å². The summed E-state index contributed by atoms with van der Waals surface area (Å²) in [5.41, 5.74) is 1.99. The summed E-state index contributed by atoms with van der Waals surface area (Å²) in [6.45, 7) is 2.93. The van der Waals surface area contributed by atoms with Crippen LogP contribution >= 0.6 is 22.9 Å². The fourth-order valence-electron chi connectivity index (χ4n) is 3.03. The van der Waals surface area contributed by atoms with Gasteiger partial charge in [-0.05, 0) is 60.8 Å². The van der Waals surface area contributed by atoms with Gasteiger partial charge in [0.25, 0.3) is 0 Å². The molecule has 3 rings (SSSR count). The topological polar surface area (TPSA) is 32.3 Å². The number of carbonyl (C=O) groups excluding carboxylic acids is 1. The second-order valence-electron chi connectivity index (χ2n) is 5.60. The highest BCUT2D eigenvalue weighted by Crippen LogP contribution is 2.35. The predicted molar refractivity (Wildman–Crippen MR) is 92.5 cm³/mol. The van der Waals surface area contributed by atoms with E-state index in [1.54, 1.807) is 17.4 Å². The first-order chi connectivity index (χ1) is 10.7. The van der Waals surface area contributed by atoms with E-state index in [9.17, 15) is 4.79 Å². The highest BCUT2D eigenvalue weighted by molar-refractivity contribution is 7.07. The van der Waals surface area contributed by atoms with Gasteiger partial charge in [-0.2, -0.15) is 11.3 Å². The number of para-hydroxylation sites is 1. The molecule has 2 heterocycles. The third-order valence-corrected chi connectivity index (χ3v) is 5.26. The van der Waals surface area contributed by atoms with Gasteiger partial charge in [-0.25, -0.2) is 0 Å². The Hall–Kier alpha value is -1.36. The number of amides is 1. The molecular weight excluding hydrogens is 316 g/mol. The number of benzene rings is 1. The van der Waals surface area contributed by atoms with E-state index in [1.165, 1.54) is 5.56 Å². The standard InChI is InChI=1S/C17H19ClN2OS/c1-12(17(21)19-15-6-3-2-5-14(15)18)20-9-4-7-16(20)13-8-10-22-11-13/h2-3,5-6,8,10-12,16H,4,7,9H2,1H3,(H,19,21)/t12-,16+/m0/s1. The maximum atomic E-state index is 12.6. The lowest BCUT2D eigenvalue weighted by Gasteiger charge is -2.29. The molecule has 2 aromatic rings.